The molecule has 2 aliphatic rings. The Morgan fingerprint density at radius 2 is 1.74 bits per heavy atom. The number of amides is 1. The summed E-state index contributed by atoms with van der Waals surface area (Å²) in [7, 11) is -3.67. The first kappa shape index (κ1) is 23.0. The van der Waals surface area contributed by atoms with E-state index >= 15 is 0 Å². The molecule has 1 aliphatic carbocycles. The Kier molecular flexibility index (Phi) is 6.63. The molecule has 2 fully saturated rings. The molecular formula is C26H30N4O3S. The van der Waals surface area contributed by atoms with Gasteiger partial charge in [-0.1, -0.05) is 48.5 Å². The Labute approximate surface area is 200 Å². The van der Waals surface area contributed by atoms with E-state index in [9.17, 15) is 13.2 Å². The van der Waals surface area contributed by atoms with Crippen molar-refractivity contribution in [1.82, 2.24) is 19.9 Å². The maximum atomic E-state index is 13.4. The minimum Gasteiger partial charge on any atom is -0.333 e. The molecule has 34 heavy (non-hydrogen) atoms. The fourth-order valence-corrected chi connectivity index (χ4v) is 6.40. The van der Waals surface area contributed by atoms with Gasteiger partial charge in [-0.05, 0) is 43.4 Å². The molecule has 2 heterocycles. The molecule has 1 aliphatic heterocycles. The van der Waals surface area contributed by atoms with Gasteiger partial charge < -0.3 is 10.2 Å². The number of rotatable bonds is 5. The van der Waals surface area contributed by atoms with Gasteiger partial charge in [0.15, 0.2) is 0 Å². The fourth-order valence-electron chi connectivity index (χ4n) is 5.12. The van der Waals surface area contributed by atoms with Crippen LogP contribution < -0.4 is 10.0 Å². The number of nitrogens with one attached hydrogen (secondary N) is 2. The number of pyridine rings is 1. The van der Waals surface area contributed by atoms with Gasteiger partial charge in [0.05, 0.1) is 11.6 Å². The molecule has 2 aromatic carbocycles. The van der Waals surface area contributed by atoms with Crippen molar-refractivity contribution in [3.05, 3.63) is 72.4 Å². The standard InChI is InChI=1S/C26H30N4O3S/c31-26(30-15-14-27-18-25(30)19-6-2-1-3-7-19)20-10-12-22(13-11-20)29-34(32,33)23-16-21-8-4-5-9-24(21)28-17-23/h1-9,16-17,20,22,25,27,29H,10-15,18H2/t20-,22-,25-/m1/s1. The van der Waals surface area contributed by atoms with Crippen LogP contribution in [0.25, 0.3) is 10.9 Å². The summed E-state index contributed by atoms with van der Waals surface area (Å²) in [6.45, 7) is 2.24. The third-order valence-electron chi connectivity index (χ3n) is 6.98. The molecule has 1 amide bonds. The SMILES string of the molecule is O=C([C@H]1CC[C@H](NS(=O)(=O)c2cnc3ccccc3c2)CC1)N1CCNC[C@@H]1c1ccccc1. The number of aromatic nitrogens is 1. The van der Waals surface area contributed by atoms with Gasteiger partial charge in [0.1, 0.15) is 4.90 Å². The number of carbonyl (C=O) groups excluding carboxylic acids is 1. The molecule has 0 unspecified atom stereocenters. The molecule has 1 saturated carbocycles. The molecular weight excluding hydrogens is 448 g/mol. The summed E-state index contributed by atoms with van der Waals surface area (Å²) in [6, 6.07) is 19.1. The summed E-state index contributed by atoms with van der Waals surface area (Å²) in [5.74, 6) is 0.128. The zero-order valence-electron chi connectivity index (χ0n) is 19.1. The highest BCUT2D eigenvalue weighted by molar-refractivity contribution is 7.89. The lowest BCUT2D eigenvalue weighted by Crippen LogP contribution is -2.51. The van der Waals surface area contributed by atoms with E-state index in [0.29, 0.717) is 32.2 Å². The molecule has 178 valence electrons. The van der Waals surface area contributed by atoms with Gasteiger partial charge >= 0.3 is 0 Å². The van der Waals surface area contributed by atoms with Gasteiger partial charge in [0.2, 0.25) is 15.9 Å². The van der Waals surface area contributed by atoms with Crippen molar-refractivity contribution in [2.45, 2.75) is 42.7 Å². The molecule has 2 N–H and O–H groups in total. The lowest BCUT2D eigenvalue weighted by Gasteiger charge is -2.40. The van der Waals surface area contributed by atoms with Crippen LogP contribution in [0.2, 0.25) is 0 Å². The molecule has 8 heteroatoms. The second kappa shape index (κ2) is 9.82. The summed E-state index contributed by atoms with van der Waals surface area (Å²) in [5, 5.41) is 4.20. The Morgan fingerprint density at radius 3 is 2.53 bits per heavy atom. The van der Waals surface area contributed by atoms with Crippen LogP contribution in [-0.2, 0) is 14.8 Å². The molecule has 7 nitrogen and oxygen atoms in total. The van der Waals surface area contributed by atoms with Crippen LogP contribution in [-0.4, -0.2) is 49.9 Å². The summed E-state index contributed by atoms with van der Waals surface area (Å²) in [5.41, 5.74) is 1.91. The quantitative estimate of drug-likeness (QED) is 0.588. The number of para-hydroxylation sites is 1. The number of sulfonamides is 1. The molecule has 3 aromatic rings. The topological polar surface area (TPSA) is 91.4 Å². The maximum Gasteiger partial charge on any atom is 0.242 e. The molecule has 0 spiro atoms. The van der Waals surface area contributed by atoms with Gasteiger partial charge in [-0.25, -0.2) is 13.1 Å². The first-order valence-corrected chi connectivity index (χ1v) is 13.4. The number of hydrogen-bond acceptors (Lipinski definition) is 5. The van der Waals surface area contributed by atoms with E-state index in [2.05, 4.69) is 27.2 Å². The summed E-state index contributed by atoms with van der Waals surface area (Å²) < 4.78 is 28.8. The number of fused-ring (bicyclic) bond motifs is 1. The van der Waals surface area contributed by atoms with Crippen molar-refractivity contribution in [2.24, 2.45) is 5.92 Å². The zero-order valence-corrected chi connectivity index (χ0v) is 19.9. The van der Waals surface area contributed by atoms with E-state index in [4.69, 9.17) is 0 Å². The molecule has 5 rings (SSSR count). The Morgan fingerprint density at radius 1 is 1.00 bits per heavy atom. The highest BCUT2D eigenvalue weighted by Gasteiger charge is 2.35. The molecule has 1 aromatic heterocycles. The lowest BCUT2D eigenvalue weighted by molar-refractivity contribution is -0.140. The monoisotopic (exact) mass is 478 g/mol. The van der Waals surface area contributed by atoms with E-state index in [1.165, 1.54) is 6.20 Å². The summed E-state index contributed by atoms with van der Waals surface area (Å²) >= 11 is 0. The minimum atomic E-state index is -3.67. The highest BCUT2D eigenvalue weighted by atomic mass is 32.2. The maximum absolute atomic E-state index is 13.4. The molecule has 1 saturated heterocycles. The van der Waals surface area contributed by atoms with E-state index in [1.807, 2.05) is 47.4 Å². The number of hydrogen-bond donors (Lipinski definition) is 2. The van der Waals surface area contributed by atoms with Crippen molar-refractivity contribution in [3.63, 3.8) is 0 Å². The van der Waals surface area contributed by atoms with Crippen molar-refractivity contribution >= 4 is 26.8 Å². The molecule has 0 bridgehead atoms. The molecule has 1 atom stereocenters. The largest absolute Gasteiger partial charge is 0.333 e. The number of benzene rings is 2. The van der Waals surface area contributed by atoms with Gasteiger partial charge in [-0.3, -0.25) is 9.78 Å². The fraction of sp³-hybridized carbons (Fsp3) is 0.385. The van der Waals surface area contributed by atoms with Crippen LogP contribution in [0.5, 0.6) is 0 Å². The van der Waals surface area contributed by atoms with Crippen LogP contribution in [0.3, 0.4) is 0 Å². The van der Waals surface area contributed by atoms with E-state index < -0.39 is 10.0 Å². The van der Waals surface area contributed by atoms with Crippen LogP contribution in [0, 0.1) is 5.92 Å². The van der Waals surface area contributed by atoms with E-state index in [0.717, 1.165) is 29.6 Å². The minimum absolute atomic E-state index is 0.0408. The first-order valence-electron chi connectivity index (χ1n) is 11.9. The summed E-state index contributed by atoms with van der Waals surface area (Å²) in [4.78, 5) is 19.9. The summed E-state index contributed by atoms with van der Waals surface area (Å²) in [6.07, 6.45) is 4.09. The van der Waals surface area contributed by atoms with Crippen LogP contribution >= 0.6 is 0 Å². The van der Waals surface area contributed by atoms with Crippen molar-refractivity contribution < 1.29 is 13.2 Å². The van der Waals surface area contributed by atoms with Crippen LogP contribution in [0.1, 0.15) is 37.3 Å². The van der Waals surface area contributed by atoms with Gasteiger partial charge in [0, 0.05) is 43.2 Å². The Balaban J connectivity index is 1.22. The second-order valence-electron chi connectivity index (χ2n) is 9.20. The highest BCUT2D eigenvalue weighted by Crippen LogP contribution is 2.31. The van der Waals surface area contributed by atoms with Crippen molar-refractivity contribution in [3.8, 4) is 0 Å². The number of piperazine rings is 1. The van der Waals surface area contributed by atoms with E-state index in [1.54, 1.807) is 6.07 Å². The normalized spacial score (nSPS) is 23.6. The van der Waals surface area contributed by atoms with E-state index in [-0.39, 0.29) is 28.8 Å². The molecule has 0 radical (unpaired) electrons. The average molecular weight is 479 g/mol. The van der Waals surface area contributed by atoms with Crippen LogP contribution in [0.15, 0.2) is 71.8 Å². The predicted molar refractivity (Wildman–Crippen MR) is 132 cm³/mol. The number of nitrogens with zero attached hydrogens (tertiary/aromatic N) is 2. The number of carbonyl (C=O) groups is 1. The first-order chi connectivity index (χ1) is 16.5. The van der Waals surface area contributed by atoms with Crippen LogP contribution in [0.4, 0.5) is 0 Å². The third-order valence-corrected chi connectivity index (χ3v) is 8.47. The Bertz CT molecular complexity index is 1260. The smallest absolute Gasteiger partial charge is 0.242 e. The average Bonchev–Trinajstić information content (AvgIpc) is 2.89. The lowest BCUT2D eigenvalue weighted by atomic mass is 9.85. The third kappa shape index (κ3) is 4.85. The van der Waals surface area contributed by atoms with Gasteiger partial charge in [0.25, 0.3) is 0 Å². The predicted octanol–water partition coefficient (Wildman–Crippen LogP) is 3.25. The Hall–Kier alpha value is -2.81. The second-order valence-corrected chi connectivity index (χ2v) is 10.9. The van der Waals surface area contributed by atoms with Crippen molar-refractivity contribution in [1.29, 1.82) is 0 Å². The zero-order chi connectivity index (χ0) is 23.5. The van der Waals surface area contributed by atoms with Gasteiger partial charge in [-0.15, -0.1) is 0 Å². The van der Waals surface area contributed by atoms with Gasteiger partial charge in [-0.2, -0.15) is 0 Å². The van der Waals surface area contributed by atoms with Crippen molar-refractivity contribution in [2.75, 3.05) is 19.6 Å².